The maximum absolute atomic E-state index is 13.0. The van der Waals surface area contributed by atoms with Gasteiger partial charge in [0.05, 0.1) is 6.54 Å². The molecule has 1 aromatic carbocycles. The van der Waals surface area contributed by atoms with Crippen molar-refractivity contribution in [3.63, 3.8) is 0 Å². The van der Waals surface area contributed by atoms with Gasteiger partial charge in [0.15, 0.2) is 0 Å². The molecule has 1 aromatic rings. The minimum Gasteiger partial charge on any atom is -0.481 e. The third kappa shape index (κ3) is 9.69. The molecule has 3 amide bonds. The van der Waals surface area contributed by atoms with Gasteiger partial charge in [-0.1, -0.05) is 50.6 Å². The molecular weight excluding hydrogens is 432 g/mol. The summed E-state index contributed by atoms with van der Waals surface area (Å²) in [6, 6.07) is 5.23. The Morgan fingerprint density at radius 3 is 2.06 bits per heavy atom. The van der Waals surface area contributed by atoms with Crippen LogP contribution in [0.4, 0.5) is 0 Å². The van der Waals surface area contributed by atoms with Gasteiger partial charge in [0.2, 0.25) is 17.7 Å². The van der Waals surface area contributed by atoms with Crippen molar-refractivity contribution in [2.24, 2.45) is 11.7 Å². The Morgan fingerprint density at radius 2 is 1.55 bits per heavy atom. The lowest BCUT2D eigenvalue weighted by Gasteiger charge is -2.27. The lowest BCUT2D eigenvalue weighted by atomic mass is 9.97. The standard InChI is InChI=1S/C22H32N4O7/c1-3-13(2)19(26-17(27)12-23)21(31)25-16(11-14-7-5-4-6-8-14)20(30)24-15(22(32)33)9-10-18(28)29/h4-8,13,15-16,19H,3,9-12,23H2,1-2H3,(H,24,30)(H,25,31)(H,26,27)(H,28,29)(H,32,33). The Balaban J connectivity index is 3.10. The quantitative estimate of drug-likeness (QED) is 0.215. The highest BCUT2D eigenvalue weighted by molar-refractivity contribution is 5.94. The van der Waals surface area contributed by atoms with E-state index in [9.17, 15) is 29.1 Å². The fourth-order valence-corrected chi connectivity index (χ4v) is 3.05. The highest BCUT2D eigenvalue weighted by Gasteiger charge is 2.31. The number of carboxylic acids is 2. The maximum Gasteiger partial charge on any atom is 0.326 e. The molecule has 0 fully saturated rings. The number of carboxylic acid groups (broad SMARTS) is 2. The van der Waals surface area contributed by atoms with Crippen LogP contribution in [0.25, 0.3) is 0 Å². The second kappa shape index (κ2) is 13.8. The van der Waals surface area contributed by atoms with Crippen LogP contribution in [0.2, 0.25) is 0 Å². The zero-order chi connectivity index (χ0) is 25.0. The Kier molecular flexibility index (Phi) is 11.6. The van der Waals surface area contributed by atoms with Gasteiger partial charge in [0.1, 0.15) is 18.1 Å². The number of nitrogens with one attached hydrogen (secondary N) is 3. The zero-order valence-electron chi connectivity index (χ0n) is 18.7. The molecule has 182 valence electrons. The molecule has 0 saturated carbocycles. The summed E-state index contributed by atoms with van der Waals surface area (Å²) in [5, 5.41) is 25.6. The van der Waals surface area contributed by atoms with Gasteiger partial charge in [-0.25, -0.2) is 4.79 Å². The molecule has 4 atom stereocenters. The topological polar surface area (TPSA) is 188 Å². The summed E-state index contributed by atoms with van der Waals surface area (Å²) in [5.41, 5.74) is 6.05. The predicted molar refractivity (Wildman–Crippen MR) is 119 cm³/mol. The number of carbonyl (C=O) groups excluding carboxylic acids is 3. The molecule has 11 nitrogen and oxygen atoms in total. The van der Waals surface area contributed by atoms with E-state index in [0.717, 1.165) is 0 Å². The first-order valence-corrected chi connectivity index (χ1v) is 10.7. The summed E-state index contributed by atoms with van der Waals surface area (Å²) in [6.45, 7) is 3.30. The molecule has 33 heavy (non-hydrogen) atoms. The van der Waals surface area contributed by atoms with Crippen molar-refractivity contribution < 1.29 is 34.2 Å². The second-order valence-electron chi connectivity index (χ2n) is 7.72. The number of benzene rings is 1. The summed E-state index contributed by atoms with van der Waals surface area (Å²) in [5.74, 6) is -4.76. The minimum absolute atomic E-state index is 0.0573. The number of hydrogen-bond acceptors (Lipinski definition) is 6. The van der Waals surface area contributed by atoms with Gasteiger partial charge in [0, 0.05) is 12.8 Å². The molecular formula is C22H32N4O7. The zero-order valence-corrected chi connectivity index (χ0v) is 18.7. The average molecular weight is 465 g/mol. The molecule has 0 bridgehead atoms. The van der Waals surface area contributed by atoms with Crippen molar-refractivity contribution in [2.45, 2.75) is 57.7 Å². The fourth-order valence-electron chi connectivity index (χ4n) is 3.05. The Hall–Kier alpha value is -3.47. The van der Waals surface area contributed by atoms with Gasteiger partial charge in [-0.15, -0.1) is 0 Å². The molecule has 0 aliphatic rings. The number of rotatable bonds is 14. The van der Waals surface area contributed by atoms with E-state index in [1.807, 2.05) is 6.92 Å². The van der Waals surface area contributed by atoms with E-state index in [4.69, 9.17) is 10.8 Å². The number of carbonyl (C=O) groups is 5. The summed E-state index contributed by atoms with van der Waals surface area (Å²) in [6.07, 6.45) is -0.144. The lowest BCUT2D eigenvalue weighted by molar-refractivity contribution is -0.143. The van der Waals surface area contributed by atoms with Crippen LogP contribution in [-0.2, 0) is 30.4 Å². The second-order valence-corrected chi connectivity index (χ2v) is 7.72. The predicted octanol–water partition coefficient (Wildman–Crippen LogP) is -0.362. The van der Waals surface area contributed by atoms with Gasteiger partial charge >= 0.3 is 11.9 Å². The van der Waals surface area contributed by atoms with Gasteiger partial charge < -0.3 is 31.9 Å². The van der Waals surface area contributed by atoms with E-state index in [0.29, 0.717) is 12.0 Å². The van der Waals surface area contributed by atoms with Gasteiger partial charge in [0.25, 0.3) is 0 Å². The van der Waals surface area contributed by atoms with Crippen LogP contribution in [0.1, 0.15) is 38.7 Å². The highest BCUT2D eigenvalue weighted by atomic mass is 16.4. The molecule has 0 radical (unpaired) electrons. The van der Waals surface area contributed by atoms with E-state index in [2.05, 4.69) is 16.0 Å². The van der Waals surface area contributed by atoms with Crippen LogP contribution >= 0.6 is 0 Å². The van der Waals surface area contributed by atoms with Gasteiger partial charge in [-0.3, -0.25) is 19.2 Å². The van der Waals surface area contributed by atoms with Gasteiger partial charge in [-0.05, 0) is 17.9 Å². The number of nitrogens with two attached hydrogens (primary N) is 1. The van der Waals surface area contributed by atoms with Crippen LogP contribution < -0.4 is 21.7 Å². The normalized spacial score (nSPS) is 14.3. The Bertz CT molecular complexity index is 831. The van der Waals surface area contributed by atoms with Crippen molar-refractivity contribution in [1.82, 2.24) is 16.0 Å². The molecule has 7 N–H and O–H groups in total. The van der Waals surface area contributed by atoms with Crippen LogP contribution in [0.3, 0.4) is 0 Å². The summed E-state index contributed by atoms with van der Waals surface area (Å²) < 4.78 is 0. The van der Waals surface area contributed by atoms with E-state index in [-0.39, 0.29) is 25.3 Å². The third-order valence-corrected chi connectivity index (χ3v) is 5.17. The van der Waals surface area contributed by atoms with Crippen molar-refractivity contribution in [3.8, 4) is 0 Å². The largest absolute Gasteiger partial charge is 0.481 e. The van der Waals surface area contributed by atoms with E-state index >= 15 is 0 Å². The first-order valence-electron chi connectivity index (χ1n) is 10.7. The van der Waals surface area contributed by atoms with Crippen molar-refractivity contribution >= 4 is 29.7 Å². The lowest BCUT2D eigenvalue weighted by Crippen LogP contribution is -2.58. The molecule has 1 rings (SSSR count). The average Bonchev–Trinajstić information content (AvgIpc) is 2.78. The molecule has 4 unspecified atom stereocenters. The first-order chi connectivity index (χ1) is 15.6. The van der Waals surface area contributed by atoms with E-state index in [1.165, 1.54) is 0 Å². The number of aliphatic carboxylic acids is 2. The summed E-state index contributed by atoms with van der Waals surface area (Å²) >= 11 is 0. The monoisotopic (exact) mass is 464 g/mol. The highest BCUT2D eigenvalue weighted by Crippen LogP contribution is 2.10. The van der Waals surface area contributed by atoms with Crippen molar-refractivity contribution in [1.29, 1.82) is 0 Å². The van der Waals surface area contributed by atoms with Crippen LogP contribution in [0.5, 0.6) is 0 Å². The van der Waals surface area contributed by atoms with Crippen molar-refractivity contribution in [2.75, 3.05) is 6.54 Å². The molecule has 11 heteroatoms. The summed E-state index contributed by atoms with van der Waals surface area (Å²) in [4.78, 5) is 60.0. The third-order valence-electron chi connectivity index (χ3n) is 5.17. The van der Waals surface area contributed by atoms with Crippen LogP contribution in [-0.4, -0.2) is 64.5 Å². The molecule has 0 aliphatic carbocycles. The SMILES string of the molecule is CCC(C)C(NC(=O)CN)C(=O)NC(Cc1ccccc1)C(=O)NC(CCC(=O)O)C(=O)O. The molecule has 0 aromatic heterocycles. The first kappa shape index (κ1) is 27.6. The molecule has 0 spiro atoms. The maximum atomic E-state index is 13.0. The van der Waals surface area contributed by atoms with Gasteiger partial charge in [-0.2, -0.15) is 0 Å². The summed E-state index contributed by atoms with van der Waals surface area (Å²) in [7, 11) is 0. The molecule has 0 heterocycles. The molecule has 0 aliphatic heterocycles. The number of hydrogen-bond donors (Lipinski definition) is 6. The minimum atomic E-state index is -1.44. The Morgan fingerprint density at radius 1 is 0.939 bits per heavy atom. The van der Waals surface area contributed by atoms with E-state index in [1.54, 1.807) is 37.3 Å². The van der Waals surface area contributed by atoms with Crippen LogP contribution in [0, 0.1) is 5.92 Å². The molecule has 0 saturated heterocycles. The fraction of sp³-hybridized carbons (Fsp3) is 0.500. The van der Waals surface area contributed by atoms with Crippen molar-refractivity contribution in [3.05, 3.63) is 35.9 Å². The smallest absolute Gasteiger partial charge is 0.326 e. The Labute approximate surface area is 192 Å². The number of amides is 3. The van der Waals surface area contributed by atoms with Crippen LogP contribution in [0.15, 0.2) is 30.3 Å². The van der Waals surface area contributed by atoms with E-state index < -0.39 is 54.2 Å².